The zero-order valence-corrected chi connectivity index (χ0v) is 16.9. The number of para-hydroxylation sites is 1. The number of anilines is 1. The van der Waals surface area contributed by atoms with Crippen molar-refractivity contribution in [1.29, 1.82) is 0 Å². The third-order valence-electron chi connectivity index (χ3n) is 5.04. The fourth-order valence-corrected chi connectivity index (χ4v) is 3.09. The van der Waals surface area contributed by atoms with Crippen LogP contribution in [0.4, 0.5) is 5.69 Å². The van der Waals surface area contributed by atoms with Crippen molar-refractivity contribution in [2.75, 3.05) is 18.6 Å². The highest BCUT2D eigenvalue weighted by Crippen LogP contribution is 2.28. The zero-order chi connectivity index (χ0) is 22.1. The Hall–Kier alpha value is -3.65. The maximum Gasteiger partial charge on any atom is 0.258 e. The molecule has 1 atom stereocenters. The molecular formula is C22H23N3O5. The first-order chi connectivity index (χ1) is 14.2. The number of nitrogens with one attached hydrogen (secondary N) is 1. The van der Waals surface area contributed by atoms with Gasteiger partial charge in [0.25, 0.3) is 11.8 Å². The number of furan rings is 1. The third kappa shape index (κ3) is 3.77. The fourth-order valence-electron chi connectivity index (χ4n) is 3.09. The number of aliphatic hydroxyl groups is 1. The van der Waals surface area contributed by atoms with Crippen LogP contribution >= 0.6 is 0 Å². The van der Waals surface area contributed by atoms with Gasteiger partial charge in [0, 0.05) is 23.7 Å². The van der Waals surface area contributed by atoms with Crippen molar-refractivity contribution >= 4 is 34.4 Å². The summed E-state index contributed by atoms with van der Waals surface area (Å²) in [5, 5.41) is 12.4. The molecular weight excluding hydrogens is 386 g/mol. The van der Waals surface area contributed by atoms with Crippen LogP contribution in [0.25, 0.3) is 11.0 Å². The standard InChI is InChI=1S/C22H23N3O5/c1-13-18(19(27)24-22(2,12-26)21(23)29)16-11-14(9-10-17(16)30-13)20(28)25(3)15-7-5-4-6-8-15/h4-11,26H,12H2,1-3H3,(H2,23,29)(H,24,27)/t22-/m0/s1. The highest BCUT2D eigenvalue weighted by molar-refractivity contribution is 6.12. The van der Waals surface area contributed by atoms with Gasteiger partial charge in [-0.3, -0.25) is 14.4 Å². The number of benzene rings is 2. The van der Waals surface area contributed by atoms with Gasteiger partial charge < -0.3 is 25.5 Å². The quantitative estimate of drug-likeness (QED) is 0.574. The molecule has 0 aliphatic carbocycles. The first-order valence-corrected chi connectivity index (χ1v) is 9.27. The second kappa shape index (κ2) is 8.00. The van der Waals surface area contributed by atoms with E-state index in [4.69, 9.17) is 10.2 Å². The highest BCUT2D eigenvalue weighted by Gasteiger charge is 2.34. The van der Waals surface area contributed by atoms with E-state index in [9.17, 15) is 19.5 Å². The predicted octanol–water partition coefficient (Wildman–Crippen LogP) is 1.98. The van der Waals surface area contributed by atoms with E-state index in [0.717, 1.165) is 5.69 Å². The van der Waals surface area contributed by atoms with Gasteiger partial charge in [0.15, 0.2) is 0 Å². The Labute approximate surface area is 173 Å². The highest BCUT2D eigenvalue weighted by atomic mass is 16.3. The summed E-state index contributed by atoms with van der Waals surface area (Å²) in [4.78, 5) is 38.9. The van der Waals surface area contributed by atoms with Gasteiger partial charge in [-0.1, -0.05) is 18.2 Å². The van der Waals surface area contributed by atoms with E-state index < -0.39 is 24.0 Å². The van der Waals surface area contributed by atoms with Crippen LogP contribution in [0.5, 0.6) is 0 Å². The third-order valence-corrected chi connectivity index (χ3v) is 5.04. The van der Waals surface area contributed by atoms with Crippen molar-refractivity contribution in [1.82, 2.24) is 5.32 Å². The lowest BCUT2D eigenvalue weighted by atomic mass is 10.0. The molecule has 0 radical (unpaired) electrons. The van der Waals surface area contributed by atoms with Crippen molar-refractivity contribution in [3.63, 3.8) is 0 Å². The van der Waals surface area contributed by atoms with Crippen molar-refractivity contribution in [3.05, 3.63) is 65.4 Å². The summed E-state index contributed by atoms with van der Waals surface area (Å²) in [7, 11) is 1.66. The number of carbonyl (C=O) groups excluding carboxylic acids is 3. The molecule has 156 valence electrons. The van der Waals surface area contributed by atoms with Crippen molar-refractivity contribution in [3.8, 4) is 0 Å². The molecule has 0 fully saturated rings. The molecule has 3 rings (SSSR count). The molecule has 3 aromatic rings. The number of primary amides is 1. The second-order valence-corrected chi connectivity index (χ2v) is 7.25. The van der Waals surface area contributed by atoms with Gasteiger partial charge in [0.05, 0.1) is 12.2 Å². The molecule has 0 aliphatic heterocycles. The lowest BCUT2D eigenvalue weighted by Gasteiger charge is -2.24. The minimum atomic E-state index is -1.63. The molecule has 0 spiro atoms. The molecule has 30 heavy (non-hydrogen) atoms. The number of carbonyl (C=O) groups is 3. The van der Waals surface area contributed by atoms with Gasteiger partial charge in [-0.05, 0) is 44.2 Å². The second-order valence-electron chi connectivity index (χ2n) is 7.25. The van der Waals surface area contributed by atoms with E-state index in [1.807, 2.05) is 30.3 Å². The zero-order valence-electron chi connectivity index (χ0n) is 16.9. The van der Waals surface area contributed by atoms with Gasteiger partial charge in [0.1, 0.15) is 16.9 Å². The molecule has 1 heterocycles. The smallest absolute Gasteiger partial charge is 0.258 e. The Bertz CT molecular complexity index is 1120. The van der Waals surface area contributed by atoms with Crippen LogP contribution in [-0.4, -0.2) is 42.0 Å². The van der Waals surface area contributed by atoms with E-state index in [0.29, 0.717) is 22.3 Å². The number of aryl methyl sites for hydroxylation is 1. The topological polar surface area (TPSA) is 126 Å². The van der Waals surface area contributed by atoms with Crippen molar-refractivity contribution in [2.24, 2.45) is 5.73 Å². The lowest BCUT2D eigenvalue weighted by molar-refractivity contribution is -0.124. The summed E-state index contributed by atoms with van der Waals surface area (Å²) in [6.45, 7) is 2.27. The summed E-state index contributed by atoms with van der Waals surface area (Å²) < 4.78 is 5.64. The van der Waals surface area contributed by atoms with E-state index >= 15 is 0 Å². The van der Waals surface area contributed by atoms with Crippen LogP contribution in [0.2, 0.25) is 0 Å². The van der Waals surface area contributed by atoms with E-state index in [-0.39, 0.29) is 11.5 Å². The molecule has 0 aliphatic rings. The van der Waals surface area contributed by atoms with Gasteiger partial charge in [0.2, 0.25) is 5.91 Å². The first kappa shape index (κ1) is 21.1. The Balaban J connectivity index is 1.99. The molecule has 8 nitrogen and oxygen atoms in total. The van der Waals surface area contributed by atoms with Crippen LogP contribution < -0.4 is 16.0 Å². The van der Waals surface area contributed by atoms with Crippen molar-refractivity contribution in [2.45, 2.75) is 19.4 Å². The Morgan fingerprint density at radius 3 is 2.43 bits per heavy atom. The lowest BCUT2D eigenvalue weighted by Crippen LogP contribution is -2.57. The molecule has 0 unspecified atom stereocenters. The van der Waals surface area contributed by atoms with Crippen LogP contribution in [0, 0.1) is 6.92 Å². The number of hydrogen-bond donors (Lipinski definition) is 3. The number of fused-ring (bicyclic) bond motifs is 1. The molecule has 0 saturated carbocycles. The summed E-state index contributed by atoms with van der Waals surface area (Å²) in [5.74, 6) is -1.45. The Kier molecular flexibility index (Phi) is 5.62. The summed E-state index contributed by atoms with van der Waals surface area (Å²) in [5.41, 5.74) is 5.35. The maximum atomic E-state index is 12.9. The molecule has 1 aromatic heterocycles. The number of aliphatic hydroxyl groups excluding tert-OH is 1. The Morgan fingerprint density at radius 2 is 1.83 bits per heavy atom. The van der Waals surface area contributed by atoms with Crippen molar-refractivity contribution < 1.29 is 23.9 Å². The summed E-state index contributed by atoms with van der Waals surface area (Å²) >= 11 is 0. The van der Waals surface area contributed by atoms with Gasteiger partial charge in [-0.15, -0.1) is 0 Å². The van der Waals surface area contributed by atoms with E-state index in [1.54, 1.807) is 32.2 Å². The average Bonchev–Trinajstić information content (AvgIpc) is 3.07. The average molecular weight is 409 g/mol. The van der Waals surface area contributed by atoms with Crippen LogP contribution in [0.15, 0.2) is 52.9 Å². The SMILES string of the molecule is Cc1oc2ccc(C(=O)N(C)c3ccccc3)cc2c1C(=O)N[C@@](C)(CO)C(N)=O. The van der Waals surface area contributed by atoms with Crippen LogP contribution in [-0.2, 0) is 4.79 Å². The normalized spacial score (nSPS) is 12.9. The number of amides is 3. The first-order valence-electron chi connectivity index (χ1n) is 9.27. The predicted molar refractivity (Wildman–Crippen MR) is 112 cm³/mol. The molecule has 0 saturated heterocycles. The van der Waals surface area contributed by atoms with Gasteiger partial charge >= 0.3 is 0 Å². The molecule has 2 aromatic carbocycles. The number of hydrogen-bond acceptors (Lipinski definition) is 5. The van der Waals surface area contributed by atoms with E-state index in [1.165, 1.54) is 11.8 Å². The molecule has 3 amide bonds. The maximum absolute atomic E-state index is 12.9. The minimum Gasteiger partial charge on any atom is -0.461 e. The summed E-state index contributed by atoms with van der Waals surface area (Å²) in [6, 6.07) is 14.0. The monoisotopic (exact) mass is 409 g/mol. The van der Waals surface area contributed by atoms with Crippen LogP contribution in [0.3, 0.4) is 0 Å². The van der Waals surface area contributed by atoms with Gasteiger partial charge in [-0.2, -0.15) is 0 Å². The number of nitrogens with two attached hydrogens (primary N) is 1. The molecule has 4 N–H and O–H groups in total. The molecule has 0 bridgehead atoms. The number of rotatable bonds is 6. The fraction of sp³-hybridized carbons (Fsp3) is 0.227. The van der Waals surface area contributed by atoms with E-state index in [2.05, 4.69) is 5.32 Å². The Morgan fingerprint density at radius 1 is 1.17 bits per heavy atom. The van der Waals surface area contributed by atoms with Gasteiger partial charge in [-0.25, -0.2) is 0 Å². The largest absolute Gasteiger partial charge is 0.461 e. The summed E-state index contributed by atoms with van der Waals surface area (Å²) in [6.07, 6.45) is 0. The van der Waals surface area contributed by atoms with Crippen LogP contribution in [0.1, 0.15) is 33.4 Å². The minimum absolute atomic E-state index is 0.169. The molecule has 8 heteroatoms. The number of nitrogens with zero attached hydrogens (tertiary/aromatic N) is 1.